The van der Waals surface area contributed by atoms with Crippen molar-refractivity contribution in [3.8, 4) is 0 Å². The fraction of sp³-hybridized carbons (Fsp3) is 0.688. The molecule has 0 aromatic carbocycles. The molecular weight excluding hydrogens is 263 g/mol. The number of aromatic nitrogens is 1. The molecule has 114 valence electrons. The summed E-state index contributed by atoms with van der Waals surface area (Å²) >= 11 is 0. The topological polar surface area (TPSA) is 34.6 Å². The van der Waals surface area contributed by atoms with Gasteiger partial charge >= 0.3 is 7.12 Å². The molecule has 1 aromatic heterocycles. The molecule has 2 aliphatic heterocycles. The first kappa shape index (κ1) is 14.9. The monoisotopic (exact) mass is 288 g/mol. The first-order chi connectivity index (χ1) is 9.89. The van der Waals surface area contributed by atoms with E-state index in [2.05, 4.69) is 43.6 Å². The lowest BCUT2D eigenvalue weighted by Gasteiger charge is -2.32. The van der Waals surface area contributed by atoms with Gasteiger partial charge < -0.3 is 14.2 Å². The maximum Gasteiger partial charge on any atom is 0.495 e. The molecule has 0 radical (unpaired) electrons. The minimum atomic E-state index is -0.304. The van der Waals surface area contributed by atoms with Crippen molar-refractivity contribution in [3.05, 3.63) is 18.3 Å². The smallest absolute Gasteiger partial charge is 0.399 e. The van der Waals surface area contributed by atoms with Crippen LogP contribution in [0.25, 0.3) is 0 Å². The minimum absolute atomic E-state index is 0.299. The Morgan fingerprint density at radius 2 is 1.67 bits per heavy atom. The molecule has 3 heterocycles. The van der Waals surface area contributed by atoms with Crippen molar-refractivity contribution >= 4 is 18.4 Å². The van der Waals surface area contributed by atoms with Crippen LogP contribution < -0.4 is 10.4 Å². The number of hydrogen-bond acceptors (Lipinski definition) is 4. The van der Waals surface area contributed by atoms with Crippen LogP contribution >= 0.6 is 0 Å². The first-order valence-electron chi connectivity index (χ1n) is 7.96. The Morgan fingerprint density at radius 3 is 2.29 bits per heavy atom. The van der Waals surface area contributed by atoms with E-state index in [-0.39, 0.29) is 18.3 Å². The molecule has 0 amide bonds. The lowest BCUT2D eigenvalue weighted by Crippen LogP contribution is -2.41. The lowest BCUT2D eigenvalue weighted by atomic mass is 9.79. The van der Waals surface area contributed by atoms with Gasteiger partial charge in [0.25, 0.3) is 0 Å². The third kappa shape index (κ3) is 2.81. The van der Waals surface area contributed by atoms with Crippen molar-refractivity contribution in [3.63, 3.8) is 0 Å². The summed E-state index contributed by atoms with van der Waals surface area (Å²) in [6.07, 6.45) is 5.70. The molecule has 3 rings (SSSR count). The highest BCUT2D eigenvalue weighted by molar-refractivity contribution is 6.62. The Bertz CT molecular complexity index is 497. The molecule has 21 heavy (non-hydrogen) atoms. The Kier molecular flexibility index (Phi) is 3.74. The summed E-state index contributed by atoms with van der Waals surface area (Å²) in [5, 5.41) is 0. The Hall–Kier alpha value is -1.07. The predicted molar refractivity (Wildman–Crippen MR) is 86.0 cm³/mol. The summed E-state index contributed by atoms with van der Waals surface area (Å²) in [5.74, 6) is 1.04. The van der Waals surface area contributed by atoms with Gasteiger partial charge in [-0.1, -0.05) is 0 Å². The summed E-state index contributed by atoms with van der Waals surface area (Å²) in [7, 11) is -0.304. The second-order valence-electron chi connectivity index (χ2n) is 7.08. The first-order valence-corrected chi connectivity index (χ1v) is 7.96. The van der Waals surface area contributed by atoms with Crippen LogP contribution in [0.1, 0.15) is 47.0 Å². The summed E-state index contributed by atoms with van der Waals surface area (Å²) < 4.78 is 12.2. The molecule has 1 aromatic rings. The number of nitrogens with zero attached hydrogens (tertiary/aromatic N) is 2. The SMILES string of the molecule is CC1(C)OB(c2ccnc(N3CCCCC3)c2)OC1(C)C. The van der Waals surface area contributed by atoms with E-state index in [4.69, 9.17) is 9.31 Å². The van der Waals surface area contributed by atoms with Crippen molar-refractivity contribution in [2.24, 2.45) is 0 Å². The molecular formula is C16H25BN2O2. The average Bonchev–Trinajstić information content (AvgIpc) is 2.69. The average molecular weight is 288 g/mol. The van der Waals surface area contributed by atoms with Crippen molar-refractivity contribution in [2.75, 3.05) is 18.0 Å². The minimum Gasteiger partial charge on any atom is -0.399 e. The highest BCUT2D eigenvalue weighted by atomic mass is 16.7. The van der Waals surface area contributed by atoms with Gasteiger partial charge in [0.15, 0.2) is 0 Å². The van der Waals surface area contributed by atoms with Crippen molar-refractivity contribution in [2.45, 2.75) is 58.2 Å². The zero-order valence-electron chi connectivity index (χ0n) is 13.6. The Morgan fingerprint density at radius 1 is 1.05 bits per heavy atom. The van der Waals surface area contributed by atoms with E-state index >= 15 is 0 Å². The fourth-order valence-electron chi connectivity index (χ4n) is 2.86. The van der Waals surface area contributed by atoms with Crippen LogP contribution in [0.5, 0.6) is 0 Å². The molecule has 2 aliphatic rings. The molecule has 4 nitrogen and oxygen atoms in total. The van der Waals surface area contributed by atoms with Crippen LogP contribution in [-0.4, -0.2) is 36.4 Å². The molecule has 0 spiro atoms. The number of anilines is 1. The highest BCUT2D eigenvalue weighted by Crippen LogP contribution is 2.36. The van der Waals surface area contributed by atoms with E-state index in [1.165, 1.54) is 19.3 Å². The summed E-state index contributed by atoms with van der Waals surface area (Å²) in [6, 6.07) is 4.11. The van der Waals surface area contributed by atoms with Crippen LogP contribution in [0.2, 0.25) is 0 Å². The van der Waals surface area contributed by atoms with Gasteiger partial charge in [-0.2, -0.15) is 0 Å². The van der Waals surface area contributed by atoms with E-state index in [1.807, 2.05) is 12.3 Å². The molecule has 0 aliphatic carbocycles. The molecule has 2 fully saturated rings. The van der Waals surface area contributed by atoms with Crippen LogP contribution in [0.3, 0.4) is 0 Å². The van der Waals surface area contributed by atoms with Gasteiger partial charge in [0.2, 0.25) is 0 Å². The molecule has 5 heteroatoms. The molecule has 0 N–H and O–H groups in total. The number of pyridine rings is 1. The van der Waals surface area contributed by atoms with E-state index in [1.54, 1.807) is 0 Å². The zero-order chi connectivity index (χ0) is 15.1. The highest BCUT2D eigenvalue weighted by Gasteiger charge is 2.51. The van der Waals surface area contributed by atoms with Gasteiger partial charge in [-0.05, 0) is 64.6 Å². The van der Waals surface area contributed by atoms with Crippen molar-refractivity contribution in [1.82, 2.24) is 4.98 Å². The normalized spacial score (nSPS) is 24.4. The van der Waals surface area contributed by atoms with E-state index in [0.29, 0.717) is 0 Å². The van der Waals surface area contributed by atoms with Crippen LogP contribution in [0.4, 0.5) is 5.82 Å². The van der Waals surface area contributed by atoms with Crippen molar-refractivity contribution in [1.29, 1.82) is 0 Å². The third-order valence-electron chi connectivity index (χ3n) is 4.98. The maximum absolute atomic E-state index is 6.12. The third-order valence-corrected chi connectivity index (χ3v) is 4.98. The van der Waals surface area contributed by atoms with Crippen LogP contribution in [-0.2, 0) is 9.31 Å². The molecule has 0 bridgehead atoms. The van der Waals surface area contributed by atoms with Gasteiger partial charge in [-0.25, -0.2) is 4.98 Å². The fourth-order valence-corrected chi connectivity index (χ4v) is 2.86. The number of rotatable bonds is 2. The number of piperidine rings is 1. The maximum atomic E-state index is 6.12. The van der Waals surface area contributed by atoms with Gasteiger partial charge in [0.05, 0.1) is 11.2 Å². The van der Waals surface area contributed by atoms with E-state index in [9.17, 15) is 0 Å². The summed E-state index contributed by atoms with van der Waals surface area (Å²) in [5.41, 5.74) is 0.461. The summed E-state index contributed by atoms with van der Waals surface area (Å²) in [6.45, 7) is 10.5. The second-order valence-corrected chi connectivity index (χ2v) is 7.08. The molecule has 0 saturated carbocycles. The molecule has 0 atom stereocenters. The number of hydrogen-bond donors (Lipinski definition) is 0. The Balaban J connectivity index is 1.81. The lowest BCUT2D eigenvalue weighted by molar-refractivity contribution is 0.00578. The Labute approximate surface area is 128 Å². The molecule has 2 saturated heterocycles. The van der Waals surface area contributed by atoms with E-state index < -0.39 is 0 Å². The van der Waals surface area contributed by atoms with Gasteiger partial charge in [0, 0.05) is 19.3 Å². The van der Waals surface area contributed by atoms with Crippen LogP contribution in [0, 0.1) is 0 Å². The van der Waals surface area contributed by atoms with Gasteiger partial charge in [0.1, 0.15) is 5.82 Å². The quantitative estimate of drug-likeness (QED) is 0.783. The van der Waals surface area contributed by atoms with Crippen molar-refractivity contribution < 1.29 is 9.31 Å². The standard InChI is InChI=1S/C16H25BN2O2/c1-15(2)16(3,4)21-17(20-15)13-8-9-18-14(12-13)19-10-6-5-7-11-19/h8-9,12H,5-7,10-11H2,1-4H3. The zero-order valence-corrected chi connectivity index (χ0v) is 13.6. The second kappa shape index (κ2) is 5.29. The predicted octanol–water partition coefficient (Wildman–Crippen LogP) is 2.37. The van der Waals surface area contributed by atoms with Crippen LogP contribution in [0.15, 0.2) is 18.3 Å². The molecule has 0 unspecified atom stereocenters. The summed E-state index contributed by atoms with van der Waals surface area (Å²) in [4.78, 5) is 6.88. The van der Waals surface area contributed by atoms with E-state index in [0.717, 1.165) is 24.4 Å². The van der Waals surface area contributed by atoms with Gasteiger partial charge in [-0.3, -0.25) is 0 Å². The van der Waals surface area contributed by atoms with Gasteiger partial charge in [-0.15, -0.1) is 0 Å². The largest absolute Gasteiger partial charge is 0.495 e.